The molecule has 20 heavy (non-hydrogen) atoms. The third kappa shape index (κ3) is 5.11. The van der Waals surface area contributed by atoms with Crippen molar-refractivity contribution in [3.05, 3.63) is 24.3 Å². The summed E-state index contributed by atoms with van der Waals surface area (Å²) in [7, 11) is -1.83. The second-order valence-electron chi connectivity index (χ2n) is 4.62. The Bertz CT molecular complexity index is 484. The summed E-state index contributed by atoms with van der Waals surface area (Å²) < 4.78 is 29.6. The maximum absolute atomic E-state index is 12.3. The van der Waals surface area contributed by atoms with Crippen LogP contribution in [0.5, 0.6) is 5.75 Å². The Balaban J connectivity index is 2.79. The molecule has 1 rings (SSSR count). The highest BCUT2D eigenvalue weighted by Crippen LogP contribution is 2.17. The first-order chi connectivity index (χ1) is 9.53. The van der Waals surface area contributed by atoms with Crippen LogP contribution in [0.25, 0.3) is 0 Å². The minimum atomic E-state index is -3.37. The first-order valence-electron chi connectivity index (χ1n) is 6.74. The predicted molar refractivity (Wildman–Crippen MR) is 78.8 cm³/mol. The van der Waals surface area contributed by atoms with Gasteiger partial charge in [0.15, 0.2) is 9.84 Å². The van der Waals surface area contributed by atoms with E-state index in [1.807, 2.05) is 6.92 Å². The van der Waals surface area contributed by atoms with E-state index in [4.69, 9.17) is 9.84 Å². The molecule has 0 amide bonds. The van der Waals surface area contributed by atoms with Crippen molar-refractivity contribution in [2.45, 2.75) is 30.7 Å². The summed E-state index contributed by atoms with van der Waals surface area (Å²) in [6.45, 7) is 2.73. The molecule has 0 bridgehead atoms. The van der Waals surface area contributed by atoms with Crippen LogP contribution in [0.3, 0.4) is 0 Å². The van der Waals surface area contributed by atoms with Crippen LogP contribution in [0, 0.1) is 0 Å². The monoisotopic (exact) mass is 301 g/mol. The van der Waals surface area contributed by atoms with E-state index in [0.29, 0.717) is 12.2 Å². The molecule has 0 aliphatic heterocycles. The van der Waals surface area contributed by atoms with Crippen molar-refractivity contribution in [3.63, 3.8) is 0 Å². The van der Waals surface area contributed by atoms with Gasteiger partial charge in [0.05, 0.1) is 17.8 Å². The molecule has 0 spiro atoms. The molecular formula is C14H23NO4S. The summed E-state index contributed by atoms with van der Waals surface area (Å²) in [5, 5.41) is 12.2. The van der Waals surface area contributed by atoms with Crippen molar-refractivity contribution in [2.24, 2.45) is 0 Å². The van der Waals surface area contributed by atoms with Crippen LogP contribution >= 0.6 is 0 Å². The lowest BCUT2D eigenvalue weighted by atomic mass is 10.2. The summed E-state index contributed by atoms with van der Waals surface area (Å²) >= 11 is 0. The van der Waals surface area contributed by atoms with Gasteiger partial charge in [0.2, 0.25) is 0 Å². The summed E-state index contributed by atoms with van der Waals surface area (Å²) in [5.41, 5.74) is 0. The molecule has 0 heterocycles. The average molecular weight is 301 g/mol. The number of hydrogen-bond acceptors (Lipinski definition) is 5. The summed E-state index contributed by atoms with van der Waals surface area (Å²) in [6, 6.07) is 6.13. The quantitative estimate of drug-likeness (QED) is 0.717. The van der Waals surface area contributed by atoms with Gasteiger partial charge in [0.1, 0.15) is 5.75 Å². The third-order valence-electron chi connectivity index (χ3n) is 3.00. The minimum absolute atomic E-state index is 0.0140. The van der Waals surface area contributed by atoms with Crippen molar-refractivity contribution < 1.29 is 18.3 Å². The van der Waals surface area contributed by atoms with Gasteiger partial charge in [-0.05, 0) is 43.7 Å². The van der Waals surface area contributed by atoms with Crippen LogP contribution in [-0.4, -0.2) is 45.6 Å². The number of aliphatic hydroxyl groups is 1. The number of benzene rings is 1. The lowest BCUT2D eigenvalue weighted by Gasteiger charge is -2.17. The molecule has 1 aromatic carbocycles. The zero-order valence-electron chi connectivity index (χ0n) is 12.0. The summed E-state index contributed by atoms with van der Waals surface area (Å²) in [4.78, 5) is 0.277. The fourth-order valence-corrected chi connectivity index (χ4v) is 3.45. The first kappa shape index (κ1) is 16.9. The topological polar surface area (TPSA) is 75.6 Å². The standard InChI is InChI=1S/C14H23NO4S/c1-3-9-15-12(8-10-16)11-20(17,18)14-6-4-13(19-2)5-7-14/h4-7,12,15-16H,3,8-11H2,1-2H3. The Hall–Kier alpha value is -1.11. The highest BCUT2D eigenvalue weighted by atomic mass is 32.2. The van der Waals surface area contributed by atoms with E-state index >= 15 is 0 Å². The van der Waals surface area contributed by atoms with E-state index in [1.54, 1.807) is 24.3 Å². The van der Waals surface area contributed by atoms with Gasteiger partial charge in [-0.1, -0.05) is 6.92 Å². The van der Waals surface area contributed by atoms with E-state index in [0.717, 1.165) is 13.0 Å². The zero-order chi connectivity index (χ0) is 15.0. The second kappa shape index (κ2) is 8.24. The number of sulfone groups is 1. The van der Waals surface area contributed by atoms with Gasteiger partial charge in [0.25, 0.3) is 0 Å². The van der Waals surface area contributed by atoms with E-state index in [9.17, 15) is 8.42 Å². The molecule has 0 radical (unpaired) electrons. The molecule has 6 heteroatoms. The van der Waals surface area contributed by atoms with Gasteiger partial charge in [-0.15, -0.1) is 0 Å². The van der Waals surface area contributed by atoms with Crippen LogP contribution in [0.1, 0.15) is 19.8 Å². The van der Waals surface area contributed by atoms with E-state index < -0.39 is 9.84 Å². The normalized spacial score (nSPS) is 13.2. The van der Waals surface area contributed by atoms with Crippen LogP contribution in [0.15, 0.2) is 29.2 Å². The molecule has 2 N–H and O–H groups in total. The number of hydrogen-bond donors (Lipinski definition) is 2. The predicted octanol–water partition coefficient (Wildman–Crippen LogP) is 1.22. The second-order valence-corrected chi connectivity index (χ2v) is 6.65. The van der Waals surface area contributed by atoms with Gasteiger partial charge in [-0.3, -0.25) is 0 Å². The number of ether oxygens (including phenoxy) is 1. The van der Waals surface area contributed by atoms with Gasteiger partial charge >= 0.3 is 0 Å². The molecular weight excluding hydrogens is 278 g/mol. The lowest BCUT2D eigenvalue weighted by Crippen LogP contribution is -2.37. The Morgan fingerprint density at radius 2 is 1.95 bits per heavy atom. The molecule has 0 aromatic heterocycles. The summed E-state index contributed by atoms with van der Waals surface area (Å²) in [6.07, 6.45) is 1.35. The number of rotatable bonds is 9. The average Bonchev–Trinajstić information content (AvgIpc) is 2.45. The highest BCUT2D eigenvalue weighted by molar-refractivity contribution is 7.91. The van der Waals surface area contributed by atoms with E-state index in [2.05, 4.69) is 5.32 Å². The molecule has 0 saturated heterocycles. The molecule has 1 unspecified atom stereocenters. The fourth-order valence-electron chi connectivity index (χ4n) is 1.89. The maximum atomic E-state index is 12.3. The molecule has 1 atom stereocenters. The lowest BCUT2D eigenvalue weighted by molar-refractivity contribution is 0.269. The molecule has 0 fully saturated rings. The van der Waals surface area contributed by atoms with E-state index in [-0.39, 0.29) is 23.3 Å². The van der Waals surface area contributed by atoms with Gasteiger partial charge in [-0.25, -0.2) is 8.42 Å². The van der Waals surface area contributed by atoms with Crippen LogP contribution in [-0.2, 0) is 9.84 Å². The number of aliphatic hydroxyl groups excluding tert-OH is 1. The Labute approximate surface area is 120 Å². The largest absolute Gasteiger partial charge is 0.497 e. The van der Waals surface area contributed by atoms with Crippen LogP contribution < -0.4 is 10.1 Å². The number of nitrogens with one attached hydrogen (secondary N) is 1. The van der Waals surface area contributed by atoms with Gasteiger partial charge in [0, 0.05) is 12.6 Å². The smallest absolute Gasteiger partial charge is 0.179 e. The summed E-state index contributed by atoms with van der Waals surface area (Å²) in [5.74, 6) is 0.611. The molecule has 5 nitrogen and oxygen atoms in total. The molecule has 0 aliphatic rings. The molecule has 114 valence electrons. The zero-order valence-corrected chi connectivity index (χ0v) is 12.8. The molecule has 0 aliphatic carbocycles. The van der Waals surface area contributed by atoms with Crippen molar-refractivity contribution in [1.29, 1.82) is 0 Å². The number of methoxy groups -OCH3 is 1. The molecule has 0 saturated carbocycles. The molecule has 1 aromatic rings. The Kier molecular flexibility index (Phi) is 6.98. The van der Waals surface area contributed by atoms with Crippen LogP contribution in [0.4, 0.5) is 0 Å². The highest BCUT2D eigenvalue weighted by Gasteiger charge is 2.20. The Morgan fingerprint density at radius 3 is 2.45 bits per heavy atom. The fraction of sp³-hybridized carbons (Fsp3) is 0.571. The van der Waals surface area contributed by atoms with Crippen molar-refractivity contribution in [2.75, 3.05) is 26.0 Å². The van der Waals surface area contributed by atoms with Crippen molar-refractivity contribution in [1.82, 2.24) is 5.32 Å². The first-order valence-corrected chi connectivity index (χ1v) is 8.39. The third-order valence-corrected chi connectivity index (χ3v) is 4.83. The van der Waals surface area contributed by atoms with E-state index in [1.165, 1.54) is 7.11 Å². The van der Waals surface area contributed by atoms with Crippen molar-refractivity contribution in [3.8, 4) is 5.75 Å². The van der Waals surface area contributed by atoms with Crippen LogP contribution in [0.2, 0.25) is 0 Å². The Morgan fingerprint density at radius 1 is 1.30 bits per heavy atom. The maximum Gasteiger partial charge on any atom is 0.179 e. The van der Waals surface area contributed by atoms with Crippen molar-refractivity contribution >= 4 is 9.84 Å². The van der Waals surface area contributed by atoms with Gasteiger partial charge < -0.3 is 15.2 Å². The van der Waals surface area contributed by atoms with Gasteiger partial charge in [-0.2, -0.15) is 0 Å². The SMILES string of the molecule is CCCNC(CCO)CS(=O)(=O)c1ccc(OC)cc1. The minimum Gasteiger partial charge on any atom is -0.497 e.